The Kier molecular flexibility index (Phi) is 6.91. The largest absolute Gasteiger partial charge is 0.254 e. The van der Waals surface area contributed by atoms with Crippen LogP contribution in [0.2, 0.25) is 0 Å². The third kappa shape index (κ3) is 5.35. The molecule has 0 atom stereocenters. The van der Waals surface area contributed by atoms with Crippen LogP contribution in [0.1, 0.15) is 0 Å². The Morgan fingerprint density at radius 2 is 0.980 bits per heavy atom. The highest BCUT2D eigenvalue weighted by Gasteiger charge is 2.15. The number of hydrogen-bond acceptors (Lipinski definition) is 5. The molecule has 0 aliphatic heterocycles. The molecule has 0 N–H and O–H groups in total. The van der Waals surface area contributed by atoms with Gasteiger partial charge >= 0.3 is 0 Å². The van der Waals surface area contributed by atoms with Crippen LogP contribution < -0.4 is 0 Å². The number of nitrogens with zero attached hydrogens (tertiary/aromatic N) is 5. The van der Waals surface area contributed by atoms with Crippen LogP contribution in [-0.4, -0.2) is 24.9 Å². The SMILES string of the molecule is Fc1ccc2cc3cc(-c4cccc(-c5cccc(-c6nc(-c7ccccc7)nc(-c7ccccc7)n6)c5)c4)c4cccnc4c3nc2c1. The molecular weight excluding hydrogens is 606 g/mol. The zero-order chi connectivity index (χ0) is 32.7. The lowest BCUT2D eigenvalue weighted by Crippen LogP contribution is -2.00. The molecule has 5 nitrogen and oxygen atoms in total. The van der Waals surface area contributed by atoms with Crippen molar-refractivity contribution in [3.05, 3.63) is 164 Å². The van der Waals surface area contributed by atoms with E-state index in [1.54, 1.807) is 12.3 Å². The number of fused-ring (bicyclic) bond motifs is 4. The third-order valence-electron chi connectivity index (χ3n) is 8.76. The minimum atomic E-state index is -0.308. The summed E-state index contributed by atoms with van der Waals surface area (Å²) in [5, 5.41) is 2.81. The Morgan fingerprint density at radius 1 is 0.388 bits per heavy atom. The van der Waals surface area contributed by atoms with E-state index >= 15 is 0 Å². The van der Waals surface area contributed by atoms with E-state index in [1.807, 2.05) is 78.9 Å². The maximum atomic E-state index is 14.0. The summed E-state index contributed by atoms with van der Waals surface area (Å²) in [7, 11) is 0. The molecule has 6 heteroatoms. The van der Waals surface area contributed by atoms with Gasteiger partial charge in [0.15, 0.2) is 17.5 Å². The van der Waals surface area contributed by atoms with Gasteiger partial charge in [-0.25, -0.2) is 24.3 Å². The van der Waals surface area contributed by atoms with Crippen molar-refractivity contribution in [1.82, 2.24) is 24.9 Å². The van der Waals surface area contributed by atoms with Gasteiger partial charge < -0.3 is 0 Å². The van der Waals surface area contributed by atoms with Gasteiger partial charge in [0.05, 0.1) is 16.6 Å². The number of benzene rings is 6. The molecule has 0 spiro atoms. The Hall–Kier alpha value is -6.66. The van der Waals surface area contributed by atoms with Gasteiger partial charge in [0.25, 0.3) is 0 Å². The maximum Gasteiger partial charge on any atom is 0.164 e. The fourth-order valence-electron chi connectivity index (χ4n) is 6.38. The summed E-state index contributed by atoms with van der Waals surface area (Å²) in [4.78, 5) is 24.3. The van der Waals surface area contributed by atoms with Crippen LogP contribution in [0.4, 0.5) is 4.39 Å². The van der Waals surface area contributed by atoms with Crippen LogP contribution >= 0.6 is 0 Å². The van der Waals surface area contributed by atoms with Crippen molar-refractivity contribution >= 4 is 32.7 Å². The second-order valence-electron chi connectivity index (χ2n) is 11.9. The average Bonchev–Trinajstić information content (AvgIpc) is 3.17. The minimum Gasteiger partial charge on any atom is -0.254 e. The molecule has 0 saturated heterocycles. The second-order valence-corrected chi connectivity index (χ2v) is 11.9. The molecule has 9 rings (SSSR count). The lowest BCUT2D eigenvalue weighted by Gasteiger charge is -2.13. The van der Waals surface area contributed by atoms with Crippen molar-refractivity contribution < 1.29 is 4.39 Å². The predicted molar refractivity (Wildman–Crippen MR) is 195 cm³/mol. The van der Waals surface area contributed by atoms with Crippen LogP contribution in [0.15, 0.2) is 158 Å². The summed E-state index contributed by atoms with van der Waals surface area (Å²) in [6, 6.07) is 49.8. The molecule has 0 saturated carbocycles. The molecule has 3 aromatic heterocycles. The van der Waals surface area contributed by atoms with Crippen molar-refractivity contribution in [2.75, 3.05) is 0 Å². The van der Waals surface area contributed by atoms with Crippen LogP contribution in [0.5, 0.6) is 0 Å². The summed E-state index contributed by atoms with van der Waals surface area (Å²) in [6.07, 6.45) is 1.78. The number of aromatic nitrogens is 5. The van der Waals surface area contributed by atoms with Gasteiger partial charge in [-0.2, -0.15) is 0 Å². The molecule has 0 bridgehead atoms. The molecule has 0 aliphatic rings. The first-order valence-corrected chi connectivity index (χ1v) is 16.0. The maximum absolute atomic E-state index is 14.0. The quantitative estimate of drug-likeness (QED) is 0.140. The lowest BCUT2D eigenvalue weighted by molar-refractivity contribution is 0.629. The fourth-order valence-corrected chi connectivity index (χ4v) is 6.38. The molecule has 0 unspecified atom stereocenters. The molecule has 0 fully saturated rings. The lowest BCUT2D eigenvalue weighted by atomic mass is 9.94. The van der Waals surface area contributed by atoms with Crippen molar-refractivity contribution in [2.45, 2.75) is 0 Å². The second kappa shape index (κ2) is 11.9. The molecule has 0 aliphatic carbocycles. The number of rotatable bonds is 5. The topological polar surface area (TPSA) is 64.5 Å². The van der Waals surface area contributed by atoms with Crippen LogP contribution in [0.25, 0.3) is 89.1 Å². The van der Waals surface area contributed by atoms with Gasteiger partial charge in [-0.3, -0.25) is 4.98 Å². The summed E-state index contributed by atoms with van der Waals surface area (Å²) in [5.74, 6) is 1.55. The molecule has 0 radical (unpaired) electrons. The molecule has 49 heavy (non-hydrogen) atoms. The normalized spacial score (nSPS) is 11.4. The number of hydrogen-bond donors (Lipinski definition) is 0. The Balaban J connectivity index is 1.16. The predicted octanol–water partition coefficient (Wildman–Crippen LogP) is 10.6. The van der Waals surface area contributed by atoms with E-state index in [4.69, 9.17) is 24.9 Å². The number of halogens is 1. The molecular formula is C43H26FN5. The zero-order valence-electron chi connectivity index (χ0n) is 26.1. The Bertz CT molecular complexity index is 2620. The molecule has 230 valence electrons. The summed E-state index contributed by atoms with van der Waals surface area (Å²) >= 11 is 0. The van der Waals surface area contributed by atoms with Crippen LogP contribution in [0.3, 0.4) is 0 Å². The van der Waals surface area contributed by atoms with Crippen molar-refractivity contribution in [3.63, 3.8) is 0 Å². The monoisotopic (exact) mass is 631 g/mol. The summed E-state index contributed by atoms with van der Waals surface area (Å²) in [5.41, 5.74) is 9.11. The Labute approximate surface area is 281 Å². The van der Waals surface area contributed by atoms with E-state index in [2.05, 4.69) is 54.6 Å². The standard InChI is InChI=1S/C43H26FN5/c44-35-20-19-32-24-34-25-37(36-18-9-21-45-40(36)39(34)46-38(32)26-35)31-16-7-14-29(22-31)30-15-8-17-33(23-30)43-48-41(27-10-3-1-4-11-27)47-42(49-43)28-12-5-2-6-13-28/h1-26H. The smallest absolute Gasteiger partial charge is 0.164 e. The van der Waals surface area contributed by atoms with Gasteiger partial charge in [-0.05, 0) is 64.7 Å². The van der Waals surface area contributed by atoms with E-state index in [9.17, 15) is 4.39 Å². The summed E-state index contributed by atoms with van der Waals surface area (Å²) in [6.45, 7) is 0. The Morgan fingerprint density at radius 3 is 1.67 bits per heavy atom. The zero-order valence-corrected chi connectivity index (χ0v) is 26.1. The van der Waals surface area contributed by atoms with E-state index in [1.165, 1.54) is 12.1 Å². The molecule has 0 amide bonds. The molecule has 9 aromatic rings. The van der Waals surface area contributed by atoms with Gasteiger partial charge in [0.2, 0.25) is 0 Å². The van der Waals surface area contributed by atoms with E-state index in [-0.39, 0.29) is 5.82 Å². The van der Waals surface area contributed by atoms with Crippen LogP contribution in [-0.2, 0) is 0 Å². The first kappa shape index (κ1) is 28.6. The van der Waals surface area contributed by atoms with E-state index in [0.717, 1.165) is 66.1 Å². The van der Waals surface area contributed by atoms with E-state index in [0.29, 0.717) is 23.0 Å². The number of pyridine rings is 2. The fraction of sp³-hybridized carbons (Fsp3) is 0. The van der Waals surface area contributed by atoms with Gasteiger partial charge in [-0.1, -0.05) is 103 Å². The third-order valence-corrected chi connectivity index (χ3v) is 8.76. The van der Waals surface area contributed by atoms with Crippen molar-refractivity contribution in [1.29, 1.82) is 0 Å². The highest BCUT2D eigenvalue weighted by Crippen LogP contribution is 2.37. The highest BCUT2D eigenvalue weighted by molar-refractivity contribution is 6.12. The van der Waals surface area contributed by atoms with Gasteiger partial charge in [0, 0.05) is 45.1 Å². The average molecular weight is 632 g/mol. The van der Waals surface area contributed by atoms with Crippen molar-refractivity contribution in [3.8, 4) is 56.4 Å². The molecule has 6 aromatic carbocycles. The van der Waals surface area contributed by atoms with Crippen molar-refractivity contribution in [2.24, 2.45) is 0 Å². The van der Waals surface area contributed by atoms with Crippen LogP contribution in [0, 0.1) is 5.82 Å². The highest BCUT2D eigenvalue weighted by atomic mass is 19.1. The first-order valence-electron chi connectivity index (χ1n) is 16.0. The minimum absolute atomic E-state index is 0.308. The van der Waals surface area contributed by atoms with E-state index < -0.39 is 0 Å². The first-order chi connectivity index (χ1) is 24.2. The molecule has 3 heterocycles. The van der Waals surface area contributed by atoms with Gasteiger partial charge in [0.1, 0.15) is 5.82 Å². The van der Waals surface area contributed by atoms with Gasteiger partial charge in [-0.15, -0.1) is 0 Å². The summed E-state index contributed by atoms with van der Waals surface area (Å²) < 4.78 is 14.0.